The van der Waals surface area contributed by atoms with Gasteiger partial charge in [0, 0.05) is 41.4 Å². The van der Waals surface area contributed by atoms with Crippen molar-refractivity contribution in [2.24, 2.45) is 11.8 Å². The minimum atomic E-state index is -0.931. The predicted molar refractivity (Wildman–Crippen MR) is 274 cm³/mol. The Morgan fingerprint density at radius 2 is 0.781 bits per heavy atom. The lowest BCUT2D eigenvalue weighted by atomic mass is 9.96. The molecule has 342 valence electrons. The van der Waals surface area contributed by atoms with E-state index in [0.29, 0.717) is 25.0 Å². The lowest BCUT2D eigenvalue weighted by Crippen LogP contribution is -2.12. The molecular formula is C54H66O6S4. The van der Waals surface area contributed by atoms with Crippen LogP contribution in [0.1, 0.15) is 151 Å². The van der Waals surface area contributed by atoms with E-state index in [1.54, 1.807) is 69.6 Å². The third-order valence-corrected chi connectivity index (χ3v) is 17.0. The van der Waals surface area contributed by atoms with E-state index < -0.39 is 11.9 Å². The summed E-state index contributed by atoms with van der Waals surface area (Å²) in [6, 6.07) is 27.5. The minimum absolute atomic E-state index is 0.272. The summed E-state index contributed by atoms with van der Waals surface area (Å²) < 4.78 is 13.5. The molecule has 0 radical (unpaired) electrons. The molecule has 0 bridgehead atoms. The van der Waals surface area contributed by atoms with Gasteiger partial charge in [0.15, 0.2) is 0 Å². The first kappa shape index (κ1) is 49.2. The molecule has 2 atom stereocenters. The number of aromatic carboxylic acids is 2. The Morgan fingerprint density at radius 1 is 0.438 bits per heavy atom. The first-order chi connectivity index (χ1) is 31.2. The second kappa shape index (κ2) is 25.5. The molecule has 0 aliphatic carbocycles. The van der Waals surface area contributed by atoms with Gasteiger partial charge in [-0.3, -0.25) is 0 Å². The van der Waals surface area contributed by atoms with E-state index in [-0.39, 0.29) is 11.1 Å². The van der Waals surface area contributed by atoms with E-state index in [1.807, 2.05) is 24.3 Å². The largest absolute Gasteiger partial charge is 0.492 e. The van der Waals surface area contributed by atoms with Crippen LogP contribution in [-0.2, 0) is 0 Å². The van der Waals surface area contributed by atoms with Gasteiger partial charge in [0.1, 0.15) is 11.5 Å². The van der Waals surface area contributed by atoms with Gasteiger partial charge in [-0.1, -0.05) is 129 Å². The van der Waals surface area contributed by atoms with Crippen LogP contribution in [0.15, 0.2) is 84.9 Å². The fraction of sp³-hybridized carbons (Fsp3) is 0.444. The molecule has 0 aliphatic heterocycles. The van der Waals surface area contributed by atoms with Crippen molar-refractivity contribution in [1.82, 2.24) is 0 Å². The zero-order chi connectivity index (χ0) is 45.3. The first-order valence-electron chi connectivity index (χ1n) is 23.6. The van der Waals surface area contributed by atoms with E-state index in [9.17, 15) is 19.8 Å². The highest BCUT2D eigenvalue weighted by atomic mass is 32.1. The lowest BCUT2D eigenvalue weighted by Gasteiger charge is -2.18. The molecular weight excluding hydrogens is 873 g/mol. The molecule has 0 fully saturated rings. The van der Waals surface area contributed by atoms with Crippen LogP contribution in [0.4, 0.5) is 0 Å². The molecule has 10 heteroatoms. The van der Waals surface area contributed by atoms with Crippen molar-refractivity contribution in [3.05, 3.63) is 96.1 Å². The molecule has 0 spiro atoms. The summed E-state index contributed by atoms with van der Waals surface area (Å²) in [5, 5.41) is 19.2. The average molecular weight is 939 g/mol. The fourth-order valence-corrected chi connectivity index (χ4v) is 12.6. The smallest absolute Gasteiger partial charge is 0.335 e. The molecule has 2 aromatic carbocycles. The standard InChI is InChI=1S/C54H66O6S4/c1-5-9-13-15-19-37(17-11-7-3)35-59-43-33-49(63-51(43)39-21-25-41(26-22-39)53(55)56)47-31-29-45(61-47)46-30-32-48(62-46)50-34-44(52(64-50)40-23-27-42(28-24-40)54(57)58)60-36-38(18-12-8-4)20-16-14-10-6-2/h21-34,37-38H,5-20,35-36H2,1-4H3,(H,55,56)(H,57,58). The Labute approximate surface area is 397 Å². The highest BCUT2D eigenvalue weighted by Crippen LogP contribution is 2.49. The van der Waals surface area contributed by atoms with E-state index in [4.69, 9.17) is 9.47 Å². The van der Waals surface area contributed by atoms with Crippen LogP contribution < -0.4 is 9.47 Å². The van der Waals surface area contributed by atoms with Crippen molar-refractivity contribution in [3.63, 3.8) is 0 Å². The number of carboxylic acids is 2. The van der Waals surface area contributed by atoms with Crippen LogP contribution in [0.2, 0.25) is 0 Å². The van der Waals surface area contributed by atoms with Crippen LogP contribution in [-0.4, -0.2) is 35.4 Å². The summed E-state index contributed by atoms with van der Waals surface area (Å²) in [7, 11) is 0. The van der Waals surface area contributed by atoms with Crippen molar-refractivity contribution >= 4 is 57.3 Å². The van der Waals surface area contributed by atoms with E-state index in [2.05, 4.69) is 64.1 Å². The molecule has 0 amide bonds. The zero-order valence-electron chi connectivity index (χ0n) is 38.1. The van der Waals surface area contributed by atoms with Gasteiger partial charge >= 0.3 is 11.9 Å². The predicted octanol–water partition coefficient (Wildman–Crippen LogP) is 18.0. The van der Waals surface area contributed by atoms with Gasteiger partial charge in [0.2, 0.25) is 0 Å². The van der Waals surface area contributed by atoms with Crippen LogP contribution in [0.5, 0.6) is 11.5 Å². The molecule has 2 N–H and O–H groups in total. The summed E-state index contributed by atoms with van der Waals surface area (Å²) in [6.07, 6.45) is 19.4. The van der Waals surface area contributed by atoms with Gasteiger partial charge in [-0.15, -0.1) is 45.3 Å². The minimum Gasteiger partial charge on any atom is -0.492 e. The van der Waals surface area contributed by atoms with Gasteiger partial charge in [0.25, 0.3) is 0 Å². The molecule has 6 nitrogen and oxygen atoms in total. The van der Waals surface area contributed by atoms with Gasteiger partial charge in [-0.25, -0.2) is 9.59 Å². The van der Waals surface area contributed by atoms with Crippen molar-refractivity contribution in [2.75, 3.05) is 13.2 Å². The molecule has 0 saturated heterocycles. The highest BCUT2D eigenvalue weighted by Gasteiger charge is 2.21. The van der Waals surface area contributed by atoms with Crippen molar-refractivity contribution < 1.29 is 29.3 Å². The number of carboxylic acid groups (broad SMARTS) is 2. The number of unbranched alkanes of at least 4 members (excludes halogenated alkanes) is 8. The number of carbonyl (C=O) groups is 2. The number of rotatable bonds is 29. The Kier molecular flexibility index (Phi) is 19.6. The number of hydrogen-bond acceptors (Lipinski definition) is 8. The Bertz CT molecular complexity index is 2160. The second-order valence-corrected chi connectivity index (χ2v) is 21.3. The summed E-state index contributed by atoms with van der Waals surface area (Å²) >= 11 is 6.96. The zero-order valence-corrected chi connectivity index (χ0v) is 41.4. The molecule has 64 heavy (non-hydrogen) atoms. The molecule has 2 unspecified atom stereocenters. The second-order valence-electron chi connectivity index (χ2n) is 17.0. The summed E-state index contributed by atoms with van der Waals surface area (Å²) in [5.41, 5.74) is 2.47. The Morgan fingerprint density at radius 3 is 1.12 bits per heavy atom. The Balaban J connectivity index is 1.25. The normalized spacial score (nSPS) is 12.4. The van der Waals surface area contributed by atoms with Gasteiger partial charge in [0.05, 0.1) is 34.1 Å². The number of hydrogen-bond donors (Lipinski definition) is 2. The van der Waals surface area contributed by atoms with E-state index in [1.165, 1.54) is 122 Å². The van der Waals surface area contributed by atoms with E-state index in [0.717, 1.165) is 42.1 Å². The van der Waals surface area contributed by atoms with Crippen molar-refractivity contribution in [3.8, 4) is 61.6 Å². The fourth-order valence-electron chi connectivity index (χ4n) is 8.08. The highest BCUT2D eigenvalue weighted by molar-refractivity contribution is 7.29. The molecule has 4 aromatic heterocycles. The molecule has 6 aromatic rings. The summed E-state index contributed by atoms with van der Waals surface area (Å²) in [6.45, 7) is 10.4. The van der Waals surface area contributed by atoms with Crippen LogP contribution in [0, 0.1) is 11.8 Å². The first-order valence-corrected chi connectivity index (χ1v) is 26.9. The summed E-state index contributed by atoms with van der Waals surface area (Å²) in [5.74, 6) is 0.879. The van der Waals surface area contributed by atoms with E-state index >= 15 is 0 Å². The molecule has 0 aliphatic rings. The maximum atomic E-state index is 11.7. The van der Waals surface area contributed by atoms with Gasteiger partial charge in [-0.2, -0.15) is 0 Å². The third kappa shape index (κ3) is 13.9. The van der Waals surface area contributed by atoms with Crippen molar-refractivity contribution in [1.29, 1.82) is 0 Å². The average Bonchev–Trinajstić information content (AvgIpc) is 4.15. The molecule has 6 rings (SSSR count). The SMILES string of the molecule is CCCCCCC(CCCC)COc1cc(-c2ccc(-c3ccc(-c4cc(OCC(CCCC)CCCCCC)c(-c5ccc(C(=O)O)cc5)s4)s3)s2)sc1-c1ccc(C(=O)O)cc1. The monoisotopic (exact) mass is 938 g/mol. The topological polar surface area (TPSA) is 93.1 Å². The maximum Gasteiger partial charge on any atom is 0.335 e. The Hall–Kier alpha value is -4.22. The van der Waals surface area contributed by atoms with Gasteiger partial charge < -0.3 is 19.7 Å². The number of benzene rings is 2. The summed E-state index contributed by atoms with van der Waals surface area (Å²) in [4.78, 5) is 32.4. The third-order valence-electron chi connectivity index (χ3n) is 11.9. The number of ether oxygens (including phenoxy) is 2. The van der Waals surface area contributed by atoms with Crippen LogP contribution >= 0.6 is 45.3 Å². The lowest BCUT2D eigenvalue weighted by molar-refractivity contribution is 0.0686. The molecule has 0 saturated carbocycles. The van der Waals surface area contributed by atoms with Crippen LogP contribution in [0.25, 0.3) is 50.1 Å². The number of thiophene rings is 4. The van der Waals surface area contributed by atoms with Crippen LogP contribution in [0.3, 0.4) is 0 Å². The quantitative estimate of drug-likeness (QED) is 0.0455. The molecule has 4 heterocycles. The maximum absolute atomic E-state index is 11.7. The van der Waals surface area contributed by atoms with Crippen molar-refractivity contribution in [2.45, 2.75) is 130 Å². The van der Waals surface area contributed by atoms with Gasteiger partial charge in [-0.05, 0) is 97.2 Å².